The number of piperidine rings is 1. The van der Waals surface area contributed by atoms with Crippen LogP contribution in [0.3, 0.4) is 0 Å². The minimum Gasteiger partial charge on any atom is -0.338 e. The average Bonchev–Trinajstić information content (AvgIpc) is 2.98. The average molecular weight is 351 g/mol. The molecule has 0 saturated carbocycles. The molecule has 5 heteroatoms. The lowest BCUT2D eigenvalue weighted by atomic mass is 9.78. The Labute approximate surface area is 148 Å². The van der Waals surface area contributed by atoms with Gasteiger partial charge < -0.3 is 9.80 Å². The molecule has 1 aromatic rings. The molecule has 2 aliphatic heterocycles. The van der Waals surface area contributed by atoms with Crippen LogP contribution in [0, 0.1) is 11.2 Å². The van der Waals surface area contributed by atoms with Crippen molar-refractivity contribution in [2.24, 2.45) is 5.41 Å². The Bertz CT molecular complexity index is 582. The van der Waals surface area contributed by atoms with Gasteiger partial charge in [-0.15, -0.1) is 0 Å². The van der Waals surface area contributed by atoms with Crippen molar-refractivity contribution >= 4 is 17.7 Å². The highest BCUT2D eigenvalue weighted by molar-refractivity contribution is 7.98. The zero-order valence-electron chi connectivity index (χ0n) is 14.5. The van der Waals surface area contributed by atoms with Crippen molar-refractivity contribution in [3.8, 4) is 0 Å². The Morgan fingerprint density at radius 3 is 2.88 bits per heavy atom. The molecule has 0 unspecified atom stereocenters. The van der Waals surface area contributed by atoms with Crippen molar-refractivity contribution < 1.29 is 9.18 Å². The molecule has 1 atom stereocenters. The summed E-state index contributed by atoms with van der Waals surface area (Å²) >= 11 is 1.88. The van der Waals surface area contributed by atoms with E-state index in [1.165, 1.54) is 18.2 Å². The molecule has 0 radical (unpaired) electrons. The van der Waals surface area contributed by atoms with Gasteiger partial charge in [0.15, 0.2) is 0 Å². The summed E-state index contributed by atoms with van der Waals surface area (Å²) in [7, 11) is 0. The van der Waals surface area contributed by atoms with Gasteiger partial charge in [0.1, 0.15) is 5.82 Å². The summed E-state index contributed by atoms with van der Waals surface area (Å²) in [6, 6.07) is 6.79. The Hall–Kier alpha value is -1.07. The van der Waals surface area contributed by atoms with Crippen LogP contribution in [-0.4, -0.2) is 53.9 Å². The second-order valence-corrected chi connectivity index (χ2v) is 8.06. The van der Waals surface area contributed by atoms with Gasteiger partial charge in [0, 0.05) is 25.2 Å². The number of halogens is 1. The van der Waals surface area contributed by atoms with Crippen molar-refractivity contribution in [2.45, 2.75) is 32.2 Å². The van der Waals surface area contributed by atoms with E-state index >= 15 is 0 Å². The highest BCUT2D eigenvalue weighted by Gasteiger charge is 2.48. The molecule has 1 aromatic carbocycles. The molecule has 2 heterocycles. The first-order chi connectivity index (χ1) is 11.6. The van der Waals surface area contributed by atoms with Crippen LogP contribution in [0.5, 0.6) is 0 Å². The third-order valence-electron chi connectivity index (χ3n) is 5.40. The van der Waals surface area contributed by atoms with Crippen molar-refractivity contribution in [3.63, 3.8) is 0 Å². The first-order valence-electron chi connectivity index (χ1n) is 8.89. The van der Waals surface area contributed by atoms with E-state index in [1.807, 2.05) is 22.7 Å². The van der Waals surface area contributed by atoms with Crippen LogP contribution in [0.2, 0.25) is 0 Å². The van der Waals surface area contributed by atoms with Gasteiger partial charge in [-0.3, -0.25) is 4.79 Å². The summed E-state index contributed by atoms with van der Waals surface area (Å²) in [4.78, 5) is 17.4. The molecule has 0 bridgehead atoms. The molecule has 0 aromatic heterocycles. The topological polar surface area (TPSA) is 23.6 Å². The van der Waals surface area contributed by atoms with Gasteiger partial charge in [-0.05, 0) is 56.8 Å². The minimum atomic E-state index is -0.219. The standard InChI is InChI=1S/C19H27FN2OS/c1-24-13-5-10-21-12-9-19(15-21)8-4-11-22(18(19)23)14-16-6-2-3-7-17(16)20/h2-3,6-7H,4-5,8-15H2,1H3/t19-/m1/s1. The third-order valence-corrected chi connectivity index (χ3v) is 6.10. The van der Waals surface area contributed by atoms with Crippen LogP contribution in [-0.2, 0) is 11.3 Å². The molecule has 2 fully saturated rings. The third kappa shape index (κ3) is 3.77. The monoisotopic (exact) mass is 350 g/mol. The summed E-state index contributed by atoms with van der Waals surface area (Å²) in [6.07, 6.45) is 6.29. The molecule has 0 aliphatic carbocycles. The fourth-order valence-electron chi connectivity index (χ4n) is 4.10. The Balaban J connectivity index is 1.64. The van der Waals surface area contributed by atoms with E-state index in [-0.39, 0.29) is 17.1 Å². The molecule has 2 saturated heterocycles. The number of likely N-dealkylation sites (tertiary alicyclic amines) is 2. The summed E-state index contributed by atoms with van der Waals surface area (Å²) in [5.74, 6) is 1.20. The van der Waals surface area contributed by atoms with Crippen molar-refractivity contribution in [1.82, 2.24) is 9.80 Å². The lowest BCUT2D eigenvalue weighted by Crippen LogP contribution is -2.49. The maximum absolute atomic E-state index is 13.9. The largest absolute Gasteiger partial charge is 0.338 e. The quantitative estimate of drug-likeness (QED) is 0.735. The van der Waals surface area contributed by atoms with Gasteiger partial charge in [0.2, 0.25) is 5.91 Å². The zero-order chi connectivity index (χ0) is 17.0. The lowest BCUT2D eigenvalue weighted by Gasteiger charge is -2.39. The number of rotatable bonds is 6. The van der Waals surface area contributed by atoms with Gasteiger partial charge in [-0.1, -0.05) is 18.2 Å². The van der Waals surface area contributed by atoms with Crippen molar-refractivity contribution in [1.29, 1.82) is 0 Å². The molecule has 2 aliphatic rings. The van der Waals surface area contributed by atoms with E-state index in [0.29, 0.717) is 12.1 Å². The number of carbonyl (C=O) groups excluding carboxylic acids is 1. The fraction of sp³-hybridized carbons (Fsp3) is 0.632. The first-order valence-corrected chi connectivity index (χ1v) is 10.3. The number of carbonyl (C=O) groups is 1. The minimum absolute atomic E-state index is 0.213. The number of hydrogen-bond acceptors (Lipinski definition) is 3. The van der Waals surface area contributed by atoms with Gasteiger partial charge in [-0.25, -0.2) is 4.39 Å². The highest BCUT2D eigenvalue weighted by Crippen LogP contribution is 2.40. The summed E-state index contributed by atoms with van der Waals surface area (Å²) in [5.41, 5.74) is 0.404. The van der Waals surface area contributed by atoms with Gasteiger partial charge in [0.05, 0.1) is 5.41 Å². The molecule has 24 heavy (non-hydrogen) atoms. The maximum atomic E-state index is 13.9. The number of nitrogens with zero attached hydrogens (tertiary/aromatic N) is 2. The first kappa shape index (κ1) is 17.7. The normalized spacial score (nSPS) is 24.9. The maximum Gasteiger partial charge on any atom is 0.230 e. The predicted octanol–water partition coefficient (Wildman–Crippen LogP) is 3.39. The van der Waals surface area contributed by atoms with Crippen LogP contribution in [0.25, 0.3) is 0 Å². The van der Waals surface area contributed by atoms with E-state index in [9.17, 15) is 9.18 Å². The Kier molecular flexibility index (Phi) is 5.82. The molecule has 3 rings (SSSR count). The van der Waals surface area contributed by atoms with E-state index in [0.717, 1.165) is 45.4 Å². The second kappa shape index (κ2) is 7.87. The number of amides is 1. The molecule has 132 valence electrons. The molecular weight excluding hydrogens is 323 g/mol. The fourth-order valence-corrected chi connectivity index (χ4v) is 4.51. The zero-order valence-corrected chi connectivity index (χ0v) is 15.3. The molecule has 0 N–H and O–H groups in total. The molecule has 1 spiro atoms. The van der Waals surface area contributed by atoms with Crippen LogP contribution < -0.4 is 0 Å². The van der Waals surface area contributed by atoms with Gasteiger partial charge >= 0.3 is 0 Å². The van der Waals surface area contributed by atoms with Gasteiger partial charge in [0.25, 0.3) is 0 Å². The summed E-state index contributed by atoms with van der Waals surface area (Å²) in [6.45, 7) is 4.14. The van der Waals surface area contributed by atoms with E-state index in [2.05, 4.69) is 11.2 Å². The predicted molar refractivity (Wildman–Crippen MR) is 97.5 cm³/mol. The Morgan fingerprint density at radius 2 is 2.08 bits per heavy atom. The molecular formula is C19H27FN2OS. The summed E-state index contributed by atoms with van der Waals surface area (Å²) in [5, 5.41) is 0. The van der Waals surface area contributed by atoms with Crippen LogP contribution in [0.4, 0.5) is 4.39 Å². The van der Waals surface area contributed by atoms with E-state index < -0.39 is 0 Å². The summed E-state index contributed by atoms with van der Waals surface area (Å²) < 4.78 is 13.9. The number of hydrogen-bond donors (Lipinski definition) is 0. The highest BCUT2D eigenvalue weighted by atomic mass is 32.2. The van der Waals surface area contributed by atoms with E-state index in [1.54, 1.807) is 12.1 Å². The SMILES string of the molecule is CSCCCN1CC[C@]2(CCCN(Cc3ccccc3F)C2=O)C1. The van der Waals surface area contributed by atoms with Crippen LogP contribution in [0.15, 0.2) is 24.3 Å². The molecule has 3 nitrogen and oxygen atoms in total. The molecule has 1 amide bonds. The van der Waals surface area contributed by atoms with Gasteiger partial charge in [-0.2, -0.15) is 11.8 Å². The Morgan fingerprint density at radius 1 is 1.25 bits per heavy atom. The van der Waals surface area contributed by atoms with Crippen molar-refractivity contribution in [3.05, 3.63) is 35.6 Å². The lowest BCUT2D eigenvalue weighted by molar-refractivity contribution is -0.146. The number of thioether (sulfide) groups is 1. The smallest absolute Gasteiger partial charge is 0.230 e. The second-order valence-electron chi connectivity index (χ2n) is 7.07. The van der Waals surface area contributed by atoms with Crippen LogP contribution >= 0.6 is 11.8 Å². The number of benzene rings is 1. The van der Waals surface area contributed by atoms with E-state index in [4.69, 9.17) is 0 Å². The van der Waals surface area contributed by atoms with Crippen LogP contribution in [0.1, 0.15) is 31.2 Å². The van der Waals surface area contributed by atoms with Crippen molar-refractivity contribution in [2.75, 3.05) is 38.2 Å².